The van der Waals surface area contributed by atoms with Gasteiger partial charge in [0.05, 0.1) is 6.54 Å². The van der Waals surface area contributed by atoms with Crippen LogP contribution in [0.15, 0.2) is 4.52 Å². The number of nitrogens with zero attached hydrogens (tertiary/aromatic N) is 2. The summed E-state index contributed by atoms with van der Waals surface area (Å²) in [6, 6.07) is 0. The van der Waals surface area contributed by atoms with Gasteiger partial charge in [0.15, 0.2) is 5.82 Å². The lowest BCUT2D eigenvalue weighted by Gasteiger charge is -2.21. The molecule has 1 unspecified atom stereocenters. The third-order valence-electron chi connectivity index (χ3n) is 2.23. The Bertz CT molecular complexity index is 268. The van der Waals surface area contributed by atoms with Gasteiger partial charge in [0.1, 0.15) is 5.60 Å². The van der Waals surface area contributed by atoms with E-state index in [1.807, 2.05) is 13.8 Å². The van der Waals surface area contributed by atoms with Gasteiger partial charge < -0.3 is 15.0 Å². The van der Waals surface area contributed by atoms with Gasteiger partial charge in [-0.15, -0.1) is 0 Å². The van der Waals surface area contributed by atoms with E-state index < -0.39 is 5.60 Å². The molecule has 0 aliphatic rings. The Hall–Kier alpha value is -0.940. The first-order valence-electron chi connectivity index (χ1n) is 4.24. The van der Waals surface area contributed by atoms with E-state index >= 15 is 0 Å². The van der Waals surface area contributed by atoms with Crippen LogP contribution in [0.3, 0.4) is 0 Å². The van der Waals surface area contributed by atoms with Crippen LogP contribution in [0.25, 0.3) is 0 Å². The van der Waals surface area contributed by atoms with E-state index in [0.717, 1.165) is 6.42 Å². The molecule has 74 valence electrons. The van der Waals surface area contributed by atoms with Gasteiger partial charge in [-0.2, -0.15) is 4.98 Å². The third kappa shape index (κ3) is 1.87. The molecule has 0 bridgehead atoms. The molecule has 0 aliphatic carbocycles. The van der Waals surface area contributed by atoms with Crippen molar-refractivity contribution in [3.8, 4) is 0 Å². The minimum atomic E-state index is -0.500. The molecular weight excluding hydrogens is 170 g/mol. The van der Waals surface area contributed by atoms with Crippen LogP contribution in [0, 0.1) is 0 Å². The summed E-state index contributed by atoms with van der Waals surface area (Å²) in [5, 5.41) is 3.71. The summed E-state index contributed by atoms with van der Waals surface area (Å²) in [6.45, 7) is 4.18. The van der Waals surface area contributed by atoms with Crippen LogP contribution in [0.5, 0.6) is 0 Å². The fraction of sp³-hybridized carbons (Fsp3) is 0.750. The number of ether oxygens (including phenoxy) is 1. The maximum absolute atomic E-state index is 5.36. The molecule has 0 fully saturated rings. The molecule has 5 nitrogen and oxygen atoms in total. The molecule has 5 heteroatoms. The predicted molar refractivity (Wildman–Crippen MR) is 46.8 cm³/mol. The van der Waals surface area contributed by atoms with Gasteiger partial charge in [0, 0.05) is 7.11 Å². The van der Waals surface area contributed by atoms with Crippen LogP contribution in [-0.4, -0.2) is 17.3 Å². The van der Waals surface area contributed by atoms with E-state index in [0.29, 0.717) is 11.7 Å². The highest BCUT2D eigenvalue weighted by Gasteiger charge is 2.30. The summed E-state index contributed by atoms with van der Waals surface area (Å²) in [6.07, 6.45) is 0.774. The summed E-state index contributed by atoms with van der Waals surface area (Å²) in [4.78, 5) is 4.11. The SMILES string of the molecule is CCC(C)(OC)c1nc(CN)no1. The van der Waals surface area contributed by atoms with Crippen molar-refractivity contribution < 1.29 is 9.26 Å². The molecule has 2 N–H and O–H groups in total. The van der Waals surface area contributed by atoms with Gasteiger partial charge >= 0.3 is 0 Å². The summed E-state index contributed by atoms with van der Waals surface area (Å²) >= 11 is 0. The first-order chi connectivity index (χ1) is 6.16. The predicted octanol–water partition coefficient (Wildman–Crippen LogP) is 0.800. The minimum Gasteiger partial charge on any atom is -0.369 e. The van der Waals surface area contributed by atoms with Crippen molar-refractivity contribution in [3.05, 3.63) is 11.7 Å². The van der Waals surface area contributed by atoms with Crippen LogP contribution in [-0.2, 0) is 16.9 Å². The lowest BCUT2D eigenvalue weighted by molar-refractivity contribution is -0.0272. The average molecular weight is 185 g/mol. The highest BCUT2D eigenvalue weighted by molar-refractivity contribution is 4.96. The maximum atomic E-state index is 5.36. The van der Waals surface area contributed by atoms with Crippen LogP contribution in [0.2, 0.25) is 0 Å². The van der Waals surface area contributed by atoms with E-state index in [1.165, 1.54) is 0 Å². The van der Waals surface area contributed by atoms with E-state index in [-0.39, 0.29) is 6.54 Å². The van der Waals surface area contributed by atoms with Gasteiger partial charge in [-0.3, -0.25) is 0 Å². The Labute approximate surface area is 77.3 Å². The van der Waals surface area contributed by atoms with E-state index in [2.05, 4.69) is 10.1 Å². The molecule has 1 heterocycles. The number of aromatic nitrogens is 2. The largest absolute Gasteiger partial charge is 0.369 e. The van der Waals surface area contributed by atoms with Crippen molar-refractivity contribution in [2.24, 2.45) is 5.73 Å². The molecular formula is C8H15N3O2. The molecule has 0 aromatic carbocycles. The molecule has 0 amide bonds. The second-order valence-corrected chi connectivity index (χ2v) is 3.01. The highest BCUT2D eigenvalue weighted by atomic mass is 16.5. The lowest BCUT2D eigenvalue weighted by atomic mass is 10.0. The first kappa shape index (κ1) is 10.1. The van der Waals surface area contributed by atoms with Crippen molar-refractivity contribution in [3.63, 3.8) is 0 Å². The number of hydrogen-bond acceptors (Lipinski definition) is 5. The quantitative estimate of drug-likeness (QED) is 0.751. The summed E-state index contributed by atoms with van der Waals surface area (Å²) < 4.78 is 10.3. The van der Waals surface area contributed by atoms with E-state index in [4.69, 9.17) is 15.0 Å². The smallest absolute Gasteiger partial charge is 0.258 e. The monoisotopic (exact) mass is 185 g/mol. The molecule has 1 aromatic rings. The van der Waals surface area contributed by atoms with Crippen LogP contribution in [0.1, 0.15) is 32.0 Å². The van der Waals surface area contributed by atoms with Gasteiger partial charge in [-0.05, 0) is 13.3 Å². The number of hydrogen-bond donors (Lipinski definition) is 1. The zero-order valence-corrected chi connectivity index (χ0v) is 8.20. The highest BCUT2D eigenvalue weighted by Crippen LogP contribution is 2.26. The molecule has 0 radical (unpaired) electrons. The fourth-order valence-corrected chi connectivity index (χ4v) is 0.935. The zero-order chi connectivity index (χ0) is 9.90. The lowest BCUT2D eigenvalue weighted by Crippen LogP contribution is -2.23. The van der Waals surface area contributed by atoms with Crippen molar-refractivity contribution in [2.75, 3.05) is 7.11 Å². The van der Waals surface area contributed by atoms with Gasteiger partial charge in [0.25, 0.3) is 5.89 Å². The van der Waals surface area contributed by atoms with Crippen molar-refractivity contribution in [1.29, 1.82) is 0 Å². The van der Waals surface area contributed by atoms with Crippen molar-refractivity contribution in [1.82, 2.24) is 10.1 Å². The second-order valence-electron chi connectivity index (χ2n) is 3.01. The summed E-state index contributed by atoms with van der Waals surface area (Å²) in [5.74, 6) is 0.990. The molecule has 1 aromatic heterocycles. The molecule has 0 spiro atoms. The van der Waals surface area contributed by atoms with E-state index in [9.17, 15) is 0 Å². The molecule has 1 atom stereocenters. The Morgan fingerprint density at radius 1 is 1.62 bits per heavy atom. The summed E-state index contributed by atoms with van der Waals surface area (Å²) in [5.41, 5.74) is 4.86. The Morgan fingerprint density at radius 3 is 2.69 bits per heavy atom. The summed E-state index contributed by atoms with van der Waals surface area (Å²) in [7, 11) is 1.62. The van der Waals surface area contributed by atoms with Crippen molar-refractivity contribution >= 4 is 0 Å². The number of rotatable bonds is 4. The third-order valence-corrected chi connectivity index (χ3v) is 2.23. The Morgan fingerprint density at radius 2 is 2.31 bits per heavy atom. The molecule has 13 heavy (non-hydrogen) atoms. The molecule has 1 rings (SSSR count). The van der Waals surface area contributed by atoms with Crippen LogP contribution >= 0.6 is 0 Å². The first-order valence-corrected chi connectivity index (χ1v) is 4.24. The number of nitrogens with two attached hydrogens (primary N) is 1. The van der Waals surface area contributed by atoms with Crippen LogP contribution < -0.4 is 5.73 Å². The standard InChI is InChI=1S/C8H15N3O2/c1-4-8(2,12-3)7-10-6(5-9)11-13-7/h4-5,9H2,1-3H3. The Balaban J connectivity index is 2.91. The topological polar surface area (TPSA) is 74.2 Å². The zero-order valence-electron chi connectivity index (χ0n) is 8.20. The molecule has 0 aliphatic heterocycles. The molecule has 0 saturated carbocycles. The van der Waals surface area contributed by atoms with Crippen molar-refractivity contribution in [2.45, 2.75) is 32.4 Å². The normalized spacial score (nSPS) is 15.7. The van der Waals surface area contributed by atoms with Gasteiger partial charge in [-0.25, -0.2) is 0 Å². The van der Waals surface area contributed by atoms with Gasteiger partial charge in [-0.1, -0.05) is 12.1 Å². The molecule has 0 saturated heterocycles. The number of methoxy groups -OCH3 is 1. The second kappa shape index (κ2) is 3.85. The van der Waals surface area contributed by atoms with Gasteiger partial charge in [0.2, 0.25) is 0 Å². The average Bonchev–Trinajstić information content (AvgIpc) is 2.65. The van der Waals surface area contributed by atoms with Crippen LogP contribution in [0.4, 0.5) is 0 Å². The maximum Gasteiger partial charge on any atom is 0.258 e. The fourth-order valence-electron chi connectivity index (χ4n) is 0.935. The van der Waals surface area contributed by atoms with E-state index in [1.54, 1.807) is 7.11 Å². The Kier molecular flexibility index (Phi) is 3.00. The minimum absolute atomic E-state index is 0.285.